The Kier molecular flexibility index (Phi) is 4.72. The molecule has 0 fully saturated rings. The molecule has 0 aromatic carbocycles. The van der Waals surface area contributed by atoms with E-state index < -0.39 is 18.0 Å². The van der Waals surface area contributed by atoms with Gasteiger partial charge in [-0.3, -0.25) is 14.5 Å². The molecule has 0 aromatic rings. The number of hydrogen-bond acceptors (Lipinski definition) is 3. The van der Waals surface area contributed by atoms with Gasteiger partial charge in [-0.1, -0.05) is 6.92 Å². The molecular weight excluding hydrogens is 172 g/mol. The Morgan fingerprint density at radius 1 is 1.54 bits per heavy atom. The summed E-state index contributed by atoms with van der Waals surface area (Å²) in [6.07, 6.45) is 1.77. The van der Waals surface area contributed by atoms with E-state index in [9.17, 15) is 14.4 Å². The molecule has 5 nitrogen and oxygen atoms in total. The van der Waals surface area contributed by atoms with Crippen molar-refractivity contribution in [1.82, 2.24) is 10.2 Å². The van der Waals surface area contributed by atoms with Gasteiger partial charge in [0, 0.05) is 13.5 Å². The maximum absolute atomic E-state index is 11.2. The quantitative estimate of drug-likeness (QED) is 0.676. The Labute approximate surface area is 77.1 Å². The molecule has 13 heavy (non-hydrogen) atoms. The molecule has 1 N–H and O–H groups in total. The highest BCUT2D eigenvalue weighted by molar-refractivity contribution is 5.96. The predicted octanol–water partition coefficient (Wildman–Crippen LogP) is 0.0626. The third-order valence-corrected chi connectivity index (χ3v) is 1.56. The minimum Gasteiger partial charge on any atom is -0.341 e. The lowest BCUT2D eigenvalue weighted by atomic mass is 10.3. The van der Waals surface area contributed by atoms with Crippen molar-refractivity contribution in [3.05, 3.63) is 0 Å². The fraction of sp³-hybridized carbons (Fsp3) is 0.625. The summed E-state index contributed by atoms with van der Waals surface area (Å²) in [5.41, 5.74) is 0. The summed E-state index contributed by atoms with van der Waals surface area (Å²) in [5, 5.41) is 2.28. The third-order valence-electron chi connectivity index (χ3n) is 1.56. The van der Waals surface area contributed by atoms with Gasteiger partial charge >= 0.3 is 6.03 Å². The van der Waals surface area contributed by atoms with E-state index in [0.717, 1.165) is 4.90 Å². The van der Waals surface area contributed by atoms with E-state index in [1.54, 1.807) is 13.2 Å². The molecule has 0 aliphatic rings. The van der Waals surface area contributed by atoms with Gasteiger partial charge in [-0.2, -0.15) is 0 Å². The maximum Gasteiger partial charge on any atom is 0.324 e. The molecule has 3 amide bonds. The van der Waals surface area contributed by atoms with Crippen molar-refractivity contribution in [2.45, 2.75) is 26.3 Å². The lowest BCUT2D eigenvalue weighted by Gasteiger charge is -2.21. The molecule has 0 saturated heterocycles. The number of nitrogens with one attached hydrogen (secondary N) is 1. The molecule has 0 heterocycles. The third kappa shape index (κ3) is 2.85. The minimum absolute atomic E-state index is 0.180. The van der Waals surface area contributed by atoms with Gasteiger partial charge in [0.15, 0.2) is 0 Å². The number of hydrogen-bond donors (Lipinski definition) is 1. The molecule has 0 unspecified atom stereocenters. The summed E-state index contributed by atoms with van der Waals surface area (Å²) in [6, 6.07) is -1.42. The second-order valence-electron chi connectivity index (χ2n) is 2.47. The first-order chi connectivity index (χ1) is 6.08. The predicted molar refractivity (Wildman–Crippen MR) is 46.7 cm³/mol. The van der Waals surface area contributed by atoms with Crippen LogP contribution in [-0.2, 0) is 9.59 Å². The van der Waals surface area contributed by atoms with Crippen LogP contribution >= 0.6 is 0 Å². The highest BCUT2D eigenvalue weighted by Crippen LogP contribution is 2.00. The minimum atomic E-state index is -0.840. The van der Waals surface area contributed by atoms with Crippen LogP contribution in [0.3, 0.4) is 0 Å². The molecule has 0 spiro atoms. The van der Waals surface area contributed by atoms with Gasteiger partial charge in [-0.25, -0.2) is 4.79 Å². The Morgan fingerprint density at radius 2 is 2.08 bits per heavy atom. The smallest absolute Gasteiger partial charge is 0.324 e. The van der Waals surface area contributed by atoms with E-state index >= 15 is 0 Å². The van der Waals surface area contributed by atoms with Crippen molar-refractivity contribution in [3.63, 3.8) is 0 Å². The zero-order valence-corrected chi connectivity index (χ0v) is 7.96. The fourth-order valence-corrected chi connectivity index (χ4v) is 0.849. The molecule has 0 aliphatic heterocycles. The molecule has 0 rings (SSSR count). The number of carbonyl (C=O) groups is 2. The Morgan fingerprint density at radius 3 is 2.38 bits per heavy atom. The van der Waals surface area contributed by atoms with Gasteiger partial charge in [0.25, 0.3) is 0 Å². The molecule has 0 bridgehead atoms. The van der Waals surface area contributed by atoms with Gasteiger partial charge in [0.2, 0.25) is 12.2 Å². The summed E-state index contributed by atoms with van der Waals surface area (Å²) in [6.45, 7) is 3.06. The fourth-order valence-electron chi connectivity index (χ4n) is 0.849. The molecule has 0 aliphatic carbocycles. The first kappa shape index (κ1) is 11.6. The Hall–Kier alpha value is -1.39. The van der Waals surface area contributed by atoms with E-state index in [-0.39, 0.29) is 6.42 Å². The van der Waals surface area contributed by atoms with Crippen molar-refractivity contribution in [1.29, 1.82) is 0 Å². The van der Waals surface area contributed by atoms with Crippen LogP contribution in [0.1, 0.15) is 20.3 Å². The Balaban J connectivity index is 4.63. The van der Waals surface area contributed by atoms with Crippen molar-refractivity contribution in [2.24, 2.45) is 0 Å². The average molecular weight is 185 g/mol. The maximum atomic E-state index is 11.2. The number of carbonyl (C=O) groups excluding carboxylic acids is 3. The van der Waals surface area contributed by atoms with Gasteiger partial charge in [-0.15, -0.1) is 0 Å². The second-order valence-corrected chi connectivity index (χ2v) is 2.47. The van der Waals surface area contributed by atoms with Gasteiger partial charge < -0.3 is 5.32 Å². The average Bonchev–Trinajstić information content (AvgIpc) is 2.16. The van der Waals surface area contributed by atoms with Crippen molar-refractivity contribution < 1.29 is 14.4 Å². The van der Waals surface area contributed by atoms with Crippen molar-refractivity contribution in [3.8, 4) is 0 Å². The topological polar surface area (TPSA) is 66.5 Å². The van der Waals surface area contributed by atoms with Crippen LogP contribution in [0.4, 0.5) is 4.79 Å². The van der Waals surface area contributed by atoms with Crippen LogP contribution in [0.15, 0.2) is 0 Å². The molecule has 0 saturated carbocycles. The second kappa shape index (κ2) is 5.29. The molecule has 5 heteroatoms. The van der Waals surface area contributed by atoms with Crippen LogP contribution < -0.4 is 5.32 Å². The van der Waals surface area contributed by atoms with Crippen LogP contribution in [0.5, 0.6) is 0 Å². The standard InChI is InChI=1S/C8H13N2O3/c1-4-7(12)10(6(2)5-11)8(13)9-3/h6H,4H2,1-3H3,(H,9,13)/t6-/m0/s1. The lowest BCUT2D eigenvalue weighted by molar-refractivity contribution is -0.128. The van der Waals surface area contributed by atoms with Crippen LogP contribution in [-0.4, -0.2) is 36.2 Å². The first-order valence-corrected chi connectivity index (χ1v) is 3.99. The molecule has 1 radical (unpaired) electrons. The van der Waals surface area contributed by atoms with Crippen LogP contribution in [0.25, 0.3) is 0 Å². The van der Waals surface area contributed by atoms with E-state index in [1.807, 2.05) is 0 Å². The van der Waals surface area contributed by atoms with Crippen LogP contribution in [0, 0.1) is 0 Å². The van der Waals surface area contributed by atoms with Crippen LogP contribution in [0.2, 0.25) is 0 Å². The normalized spacial score (nSPS) is 11.6. The zero-order valence-electron chi connectivity index (χ0n) is 7.96. The molecule has 73 valence electrons. The van der Waals surface area contributed by atoms with Gasteiger partial charge in [-0.05, 0) is 6.92 Å². The lowest BCUT2D eigenvalue weighted by Crippen LogP contribution is -2.47. The zero-order chi connectivity index (χ0) is 10.4. The SMILES string of the molecule is CCC(=O)N(C(=O)NC)[C@@H](C)[C]=O. The van der Waals surface area contributed by atoms with E-state index in [0.29, 0.717) is 0 Å². The number of rotatable bonds is 3. The van der Waals surface area contributed by atoms with Gasteiger partial charge in [0.1, 0.15) is 6.04 Å². The summed E-state index contributed by atoms with van der Waals surface area (Å²) in [5.74, 6) is -0.393. The number of urea groups is 1. The summed E-state index contributed by atoms with van der Waals surface area (Å²) in [7, 11) is 1.40. The monoisotopic (exact) mass is 185 g/mol. The molecule has 0 aromatic heterocycles. The highest BCUT2D eigenvalue weighted by atomic mass is 16.2. The highest BCUT2D eigenvalue weighted by Gasteiger charge is 2.24. The van der Waals surface area contributed by atoms with Crippen molar-refractivity contribution in [2.75, 3.05) is 7.05 Å². The number of imide groups is 1. The summed E-state index contributed by atoms with van der Waals surface area (Å²) >= 11 is 0. The molecule has 1 atom stereocenters. The molecular formula is C8H13N2O3. The summed E-state index contributed by atoms with van der Waals surface area (Å²) < 4.78 is 0. The largest absolute Gasteiger partial charge is 0.341 e. The number of amides is 3. The van der Waals surface area contributed by atoms with Gasteiger partial charge in [0.05, 0.1) is 0 Å². The Bertz CT molecular complexity index is 199. The van der Waals surface area contributed by atoms with E-state index in [4.69, 9.17) is 0 Å². The first-order valence-electron chi connectivity index (χ1n) is 3.99. The van der Waals surface area contributed by atoms with E-state index in [2.05, 4.69) is 5.32 Å². The van der Waals surface area contributed by atoms with Crippen molar-refractivity contribution >= 4 is 18.2 Å². The summed E-state index contributed by atoms with van der Waals surface area (Å²) in [4.78, 5) is 33.5. The number of nitrogens with zero attached hydrogens (tertiary/aromatic N) is 1. The van der Waals surface area contributed by atoms with E-state index in [1.165, 1.54) is 14.0 Å².